The zero-order valence-electron chi connectivity index (χ0n) is 23.1. The summed E-state index contributed by atoms with van der Waals surface area (Å²) in [6.45, 7) is 6.07. The van der Waals surface area contributed by atoms with Gasteiger partial charge in [-0.2, -0.15) is 0 Å². The van der Waals surface area contributed by atoms with Gasteiger partial charge < -0.3 is 18.9 Å². The van der Waals surface area contributed by atoms with Crippen LogP contribution in [0, 0.1) is 23.7 Å². The van der Waals surface area contributed by atoms with Gasteiger partial charge in [0, 0.05) is 6.08 Å². The van der Waals surface area contributed by atoms with Crippen molar-refractivity contribution in [1.82, 2.24) is 0 Å². The molecule has 38 heavy (non-hydrogen) atoms. The monoisotopic (exact) mass is 528 g/mol. The zero-order chi connectivity index (χ0) is 27.3. The van der Waals surface area contributed by atoms with Crippen LogP contribution in [0.2, 0.25) is 0 Å². The first-order valence-electron chi connectivity index (χ1n) is 14.3. The van der Waals surface area contributed by atoms with Crippen molar-refractivity contribution in [3.05, 3.63) is 36.4 Å². The van der Waals surface area contributed by atoms with E-state index >= 15 is 0 Å². The molecule has 2 unspecified atom stereocenters. The molecule has 2 aliphatic carbocycles. The van der Waals surface area contributed by atoms with Crippen molar-refractivity contribution in [1.29, 1.82) is 0 Å². The van der Waals surface area contributed by atoms with Crippen LogP contribution in [0.1, 0.15) is 94.3 Å². The van der Waals surface area contributed by atoms with E-state index in [0.717, 1.165) is 49.5 Å². The van der Waals surface area contributed by atoms with Gasteiger partial charge in [0.25, 0.3) is 0 Å². The summed E-state index contributed by atoms with van der Waals surface area (Å²) in [4.78, 5) is 36.4. The zero-order valence-corrected chi connectivity index (χ0v) is 23.1. The minimum Gasteiger partial charge on any atom is -0.493 e. The Hall–Kier alpha value is -2.83. The molecular formula is C31H44O7. The van der Waals surface area contributed by atoms with Crippen molar-refractivity contribution in [2.75, 3.05) is 20.3 Å². The number of benzene rings is 1. The number of rotatable bonds is 13. The summed E-state index contributed by atoms with van der Waals surface area (Å²) in [7, 11) is 1.48. The standard InChI is InChI=1S/C31H44O7/c1-4-9-22-10-8-11-25(20-22)23-12-14-24(15-13-23)31(34)38-27-17-16-26(21-28(27)35-3)30(33)37-19-7-6-18-36-29(32)5-2/h5,16-17,21-25H,2,4,6-15,18-20H2,1,3H3. The normalized spacial score (nSPS) is 23.2. The first kappa shape index (κ1) is 29.7. The van der Waals surface area contributed by atoms with Crippen LogP contribution in [0.4, 0.5) is 0 Å². The van der Waals surface area contributed by atoms with Crippen LogP contribution in [0.25, 0.3) is 0 Å². The molecule has 1 aromatic carbocycles. The molecular weight excluding hydrogens is 484 g/mol. The highest BCUT2D eigenvalue weighted by molar-refractivity contribution is 5.90. The number of methoxy groups -OCH3 is 1. The summed E-state index contributed by atoms with van der Waals surface area (Å²) in [5, 5.41) is 0. The lowest BCUT2D eigenvalue weighted by molar-refractivity contribution is -0.140. The molecule has 7 nitrogen and oxygen atoms in total. The maximum Gasteiger partial charge on any atom is 0.338 e. The molecule has 2 saturated carbocycles. The Balaban J connectivity index is 1.44. The fraction of sp³-hybridized carbons (Fsp3) is 0.645. The third-order valence-corrected chi connectivity index (χ3v) is 8.08. The fourth-order valence-electron chi connectivity index (χ4n) is 6.01. The maximum absolute atomic E-state index is 13.0. The van der Waals surface area contributed by atoms with Crippen LogP contribution >= 0.6 is 0 Å². The number of esters is 3. The van der Waals surface area contributed by atoms with E-state index in [4.69, 9.17) is 18.9 Å². The average Bonchev–Trinajstić information content (AvgIpc) is 2.95. The minimum atomic E-state index is -0.494. The number of carbonyl (C=O) groups excluding carboxylic acids is 3. The highest BCUT2D eigenvalue weighted by atomic mass is 16.6. The highest BCUT2D eigenvalue weighted by Crippen LogP contribution is 2.43. The Bertz CT molecular complexity index is 930. The van der Waals surface area contributed by atoms with Gasteiger partial charge in [-0.15, -0.1) is 0 Å². The molecule has 7 heteroatoms. The van der Waals surface area contributed by atoms with Crippen LogP contribution in [0.5, 0.6) is 11.5 Å². The molecule has 0 N–H and O–H groups in total. The number of ether oxygens (including phenoxy) is 4. The first-order valence-corrected chi connectivity index (χ1v) is 14.3. The smallest absolute Gasteiger partial charge is 0.338 e. The lowest BCUT2D eigenvalue weighted by Crippen LogP contribution is -2.30. The SMILES string of the molecule is C=CC(=O)OCCCCOC(=O)c1ccc(OC(=O)C2CCC(C3CCCC(CCC)C3)CC2)c(OC)c1. The molecule has 2 aliphatic rings. The van der Waals surface area contributed by atoms with Gasteiger partial charge >= 0.3 is 17.9 Å². The molecule has 0 aliphatic heterocycles. The van der Waals surface area contributed by atoms with Gasteiger partial charge in [-0.25, -0.2) is 9.59 Å². The van der Waals surface area contributed by atoms with E-state index in [2.05, 4.69) is 13.5 Å². The summed E-state index contributed by atoms with van der Waals surface area (Å²) in [5.74, 6) is 1.80. The molecule has 1 aromatic rings. The lowest BCUT2D eigenvalue weighted by Gasteiger charge is -2.38. The van der Waals surface area contributed by atoms with Crippen molar-refractivity contribution < 1.29 is 33.3 Å². The third-order valence-electron chi connectivity index (χ3n) is 8.08. The number of unbranched alkanes of at least 4 members (excludes halogenated alkanes) is 1. The van der Waals surface area contributed by atoms with Crippen molar-refractivity contribution in [3.63, 3.8) is 0 Å². The summed E-state index contributed by atoms with van der Waals surface area (Å²) in [5.41, 5.74) is 0.314. The maximum atomic E-state index is 13.0. The molecule has 2 fully saturated rings. The highest BCUT2D eigenvalue weighted by Gasteiger charge is 2.34. The van der Waals surface area contributed by atoms with Crippen molar-refractivity contribution in [2.24, 2.45) is 23.7 Å². The topological polar surface area (TPSA) is 88.1 Å². The van der Waals surface area contributed by atoms with Gasteiger partial charge in [-0.1, -0.05) is 45.6 Å². The van der Waals surface area contributed by atoms with E-state index in [9.17, 15) is 14.4 Å². The summed E-state index contributed by atoms with van der Waals surface area (Å²) in [6, 6.07) is 4.69. The Kier molecular flexibility index (Phi) is 12.2. The predicted molar refractivity (Wildman–Crippen MR) is 145 cm³/mol. The second-order valence-electron chi connectivity index (χ2n) is 10.7. The second-order valence-corrected chi connectivity index (χ2v) is 10.7. The fourth-order valence-corrected chi connectivity index (χ4v) is 6.01. The number of carbonyl (C=O) groups is 3. The molecule has 0 radical (unpaired) electrons. The second kappa shape index (κ2) is 15.6. The molecule has 210 valence electrons. The van der Waals surface area contributed by atoms with Gasteiger partial charge in [0.2, 0.25) is 0 Å². The largest absolute Gasteiger partial charge is 0.493 e. The van der Waals surface area contributed by atoms with E-state index in [1.807, 2.05) is 0 Å². The molecule has 0 amide bonds. The molecule has 0 spiro atoms. The van der Waals surface area contributed by atoms with Gasteiger partial charge in [0.05, 0.1) is 31.8 Å². The number of hydrogen-bond acceptors (Lipinski definition) is 7. The van der Waals surface area contributed by atoms with Gasteiger partial charge in [-0.3, -0.25) is 4.79 Å². The molecule has 3 rings (SSSR count). The molecule has 0 saturated heterocycles. The molecule has 0 heterocycles. The van der Waals surface area contributed by atoms with Crippen molar-refractivity contribution in [2.45, 2.75) is 84.0 Å². The van der Waals surface area contributed by atoms with Crippen molar-refractivity contribution in [3.8, 4) is 11.5 Å². The van der Waals surface area contributed by atoms with Crippen molar-refractivity contribution >= 4 is 17.9 Å². The Labute approximate surface area is 227 Å². The van der Waals surface area contributed by atoms with E-state index in [1.165, 1.54) is 51.7 Å². The molecule has 0 bridgehead atoms. The number of hydrogen-bond donors (Lipinski definition) is 0. The van der Waals surface area contributed by atoms with Crippen LogP contribution in [0.15, 0.2) is 30.9 Å². The Morgan fingerprint density at radius 3 is 2.37 bits per heavy atom. The molecule has 2 atom stereocenters. The summed E-state index contributed by atoms with van der Waals surface area (Å²) < 4.78 is 21.3. The summed E-state index contributed by atoms with van der Waals surface area (Å²) >= 11 is 0. The van der Waals surface area contributed by atoms with E-state index in [-0.39, 0.29) is 25.1 Å². The van der Waals surface area contributed by atoms with Gasteiger partial charge in [-0.05, 0) is 80.9 Å². The first-order chi connectivity index (χ1) is 18.4. The van der Waals surface area contributed by atoms with Crippen LogP contribution in [0.3, 0.4) is 0 Å². The Morgan fingerprint density at radius 1 is 0.947 bits per heavy atom. The lowest BCUT2D eigenvalue weighted by atomic mass is 9.68. The third kappa shape index (κ3) is 8.88. The van der Waals surface area contributed by atoms with Crippen LogP contribution in [-0.2, 0) is 19.1 Å². The summed E-state index contributed by atoms with van der Waals surface area (Å²) in [6.07, 6.45) is 14.3. The quantitative estimate of drug-likeness (QED) is 0.122. The minimum absolute atomic E-state index is 0.0959. The van der Waals surface area contributed by atoms with Crippen LogP contribution in [-0.4, -0.2) is 38.2 Å². The Morgan fingerprint density at radius 2 is 1.68 bits per heavy atom. The van der Waals surface area contributed by atoms with E-state index in [0.29, 0.717) is 29.9 Å². The van der Waals surface area contributed by atoms with E-state index < -0.39 is 11.9 Å². The van der Waals surface area contributed by atoms with Gasteiger partial charge in [0.15, 0.2) is 11.5 Å². The van der Waals surface area contributed by atoms with E-state index in [1.54, 1.807) is 12.1 Å². The predicted octanol–water partition coefficient (Wildman–Crippen LogP) is 6.68. The van der Waals surface area contributed by atoms with Gasteiger partial charge in [0.1, 0.15) is 0 Å². The average molecular weight is 529 g/mol. The molecule has 0 aromatic heterocycles. The van der Waals surface area contributed by atoms with Crippen LogP contribution < -0.4 is 9.47 Å².